The zero-order valence-electron chi connectivity index (χ0n) is 19.2. The van der Waals surface area contributed by atoms with Crippen LogP contribution in [-0.2, 0) is 27.3 Å². The number of hydrogen-bond acceptors (Lipinski definition) is 6. The molecular weight excluding hydrogens is 477 g/mol. The van der Waals surface area contributed by atoms with Crippen LogP contribution in [0.4, 0.5) is 22.0 Å². The number of aromatic nitrogens is 3. The van der Waals surface area contributed by atoms with E-state index in [0.717, 1.165) is 6.42 Å². The van der Waals surface area contributed by atoms with Gasteiger partial charge in [-0.15, -0.1) is 0 Å². The Balaban J connectivity index is 0.000000363. The average molecular weight is 505 g/mol. The molecule has 0 spiro atoms. The van der Waals surface area contributed by atoms with E-state index in [1.807, 2.05) is 5.32 Å². The summed E-state index contributed by atoms with van der Waals surface area (Å²) in [5, 5.41) is 5.99. The van der Waals surface area contributed by atoms with Crippen LogP contribution in [0, 0.1) is 5.41 Å². The number of nitrogens with one attached hydrogen (secondary N) is 1. The fourth-order valence-corrected chi connectivity index (χ4v) is 4.23. The van der Waals surface area contributed by atoms with Gasteiger partial charge in [0.05, 0.1) is 24.7 Å². The van der Waals surface area contributed by atoms with Gasteiger partial charge in [-0.25, -0.2) is 18.3 Å². The van der Waals surface area contributed by atoms with E-state index in [0.29, 0.717) is 29.7 Å². The summed E-state index contributed by atoms with van der Waals surface area (Å²) in [6.45, 7) is 1.66. The average Bonchev–Trinajstić information content (AvgIpc) is 3.35. The number of ether oxygens (including phenoxy) is 1. The molecular formula is C22H28F5N5O3. The lowest BCUT2D eigenvalue weighted by Gasteiger charge is -2.24. The maximum absolute atomic E-state index is 13.1. The van der Waals surface area contributed by atoms with Crippen molar-refractivity contribution >= 4 is 17.5 Å². The van der Waals surface area contributed by atoms with Crippen molar-refractivity contribution < 1.29 is 36.3 Å². The lowest BCUT2D eigenvalue weighted by molar-refractivity contribution is -0.161. The number of carbonyl (C=O) groups excluding carboxylic acids is 2. The Morgan fingerprint density at radius 1 is 1.29 bits per heavy atom. The molecule has 35 heavy (non-hydrogen) atoms. The van der Waals surface area contributed by atoms with E-state index in [1.165, 1.54) is 17.6 Å². The third-order valence-corrected chi connectivity index (χ3v) is 6.08. The summed E-state index contributed by atoms with van der Waals surface area (Å²) in [6, 6.07) is -0.553. The fraction of sp³-hybridized carbons (Fsp3) is 0.636. The van der Waals surface area contributed by atoms with Crippen molar-refractivity contribution in [2.75, 3.05) is 6.61 Å². The minimum Gasteiger partial charge on any atom is -0.465 e. The highest BCUT2D eigenvalue weighted by Crippen LogP contribution is 2.41. The summed E-state index contributed by atoms with van der Waals surface area (Å²) < 4.78 is 70.1. The second-order valence-corrected chi connectivity index (χ2v) is 8.77. The van der Waals surface area contributed by atoms with Gasteiger partial charge < -0.3 is 15.8 Å². The van der Waals surface area contributed by atoms with Crippen molar-refractivity contribution in [1.82, 2.24) is 19.9 Å². The monoisotopic (exact) mass is 505 g/mol. The number of esters is 1. The van der Waals surface area contributed by atoms with Crippen molar-refractivity contribution in [3.63, 3.8) is 0 Å². The van der Waals surface area contributed by atoms with Gasteiger partial charge in [0.2, 0.25) is 11.8 Å². The van der Waals surface area contributed by atoms with E-state index in [-0.39, 0.29) is 32.4 Å². The zero-order valence-corrected chi connectivity index (χ0v) is 19.2. The van der Waals surface area contributed by atoms with Gasteiger partial charge in [-0.3, -0.25) is 9.59 Å². The molecule has 0 aromatic carbocycles. The molecule has 1 amide bonds. The van der Waals surface area contributed by atoms with Crippen LogP contribution in [0.3, 0.4) is 0 Å². The highest BCUT2D eigenvalue weighted by molar-refractivity contribution is 6.04. The van der Waals surface area contributed by atoms with E-state index in [9.17, 15) is 31.5 Å². The first-order valence-electron chi connectivity index (χ1n) is 11.4. The summed E-state index contributed by atoms with van der Waals surface area (Å²) in [4.78, 5) is 29.1. The number of carbonyl (C=O) groups is 2. The second kappa shape index (κ2) is 10.4. The predicted molar refractivity (Wildman–Crippen MR) is 114 cm³/mol. The lowest BCUT2D eigenvalue weighted by Crippen LogP contribution is -2.42. The SMILES string of the molecule is CCOC(=O)C1(Cc2cnn3cc(CN)nc3c2)CC(C(F)(F)F)NC1=O.FC1(F)CCCCC1. The second-order valence-electron chi connectivity index (χ2n) is 8.77. The molecule has 3 heterocycles. The number of alkyl halides is 5. The Morgan fingerprint density at radius 2 is 1.97 bits per heavy atom. The number of nitrogens with zero attached hydrogens (tertiary/aromatic N) is 3. The van der Waals surface area contributed by atoms with Crippen molar-refractivity contribution in [1.29, 1.82) is 0 Å². The number of imidazole rings is 1. The Hall–Kier alpha value is -2.83. The molecule has 2 unspecified atom stereocenters. The van der Waals surface area contributed by atoms with Crippen LogP contribution in [0.2, 0.25) is 0 Å². The molecule has 1 saturated carbocycles. The molecule has 2 aromatic heterocycles. The molecule has 0 radical (unpaired) electrons. The third-order valence-electron chi connectivity index (χ3n) is 6.08. The smallest absolute Gasteiger partial charge is 0.408 e. The highest BCUT2D eigenvalue weighted by atomic mass is 19.4. The molecule has 2 aliphatic rings. The Morgan fingerprint density at radius 3 is 2.49 bits per heavy atom. The molecule has 3 N–H and O–H groups in total. The Labute approximate surface area is 198 Å². The van der Waals surface area contributed by atoms with E-state index in [4.69, 9.17) is 10.5 Å². The maximum Gasteiger partial charge on any atom is 0.408 e. The number of fused-ring (bicyclic) bond motifs is 1. The summed E-state index contributed by atoms with van der Waals surface area (Å²) in [6.07, 6.45) is -0.0203. The molecule has 1 aliphatic heterocycles. The van der Waals surface area contributed by atoms with Gasteiger partial charge in [0.15, 0.2) is 11.1 Å². The molecule has 2 fully saturated rings. The summed E-state index contributed by atoms with van der Waals surface area (Å²) in [5.74, 6) is -4.31. The Bertz CT molecular complexity index is 1050. The van der Waals surface area contributed by atoms with Crippen LogP contribution >= 0.6 is 0 Å². The number of nitrogens with two attached hydrogens (primary N) is 1. The van der Waals surface area contributed by atoms with Gasteiger partial charge in [0, 0.05) is 25.8 Å². The molecule has 8 nitrogen and oxygen atoms in total. The summed E-state index contributed by atoms with van der Waals surface area (Å²) >= 11 is 0. The van der Waals surface area contributed by atoms with Crippen LogP contribution in [0.15, 0.2) is 18.5 Å². The lowest BCUT2D eigenvalue weighted by atomic mass is 9.79. The first-order chi connectivity index (χ1) is 16.4. The molecule has 194 valence electrons. The van der Waals surface area contributed by atoms with E-state index >= 15 is 0 Å². The first-order valence-corrected chi connectivity index (χ1v) is 11.4. The van der Waals surface area contributed by atoms with E-state index in [2.05, 4.69) is 10.1 Å². The first kappa shape index (κ1) is 26.8. The number of rotatable bonds is 5. The molecule has 2 atom stereocenters. The standard InChI is InChI=1S/C16H18F3N5O3.C6H10F2/c1-2-27-14(26)15(5-11(16(17,18)19)23-13(15)25)4-9-3-12-22-10(6-20)8-24(12)21-7-9;7-6(8)4-2-1-3-5-6/h3,7-8,11H,2,4-6,20H2,1H3,(H,23,25);1-5H2. The van der Waals surface area contributed by atoms with Gasteiger partial charge in [-0.2, -0.15) is 18.3 Å². The van der Waals surface area contributed by atoms with Crippen LogP contribution in [0.5, 0.6) is 0 Å². The minimum atomic E-state index is -4.66. The topological polar surface area (TPSA) is 112 Å². The molecule has 4 rings (SSSR count). The highest BCUT2D eigenvalue weighted by Gasteiger charge is 2.60. The quantitative estimate of drug-likeness (QED) is 0.366. The molecule has 1 aliphatic carbocycles. The summed E-state index contributed by atoms with van der Waals surface area (Å²) in [5.41, 5.74) is 4.94. The third kappa shape index (κ3) is 6.24. The Kier molecular flexibility index (Phi) is 7.97. The minimum absolute atomic E-state index is 0.0536. The van der Waals surface area contributed by atoms with Crippen LogP contribution < -0.4 is 11.1 Å². The normalized spacial score (nSPS) is 24.0. The summed E-state index contributed by atoms with van der Waals surface area (Å²) in [7, 11) is 0. The fourth-order valence-electron chi connectivity index (χ4n) is 4.23. The predicted octanol–water partition coefficient (Wildman–Crippen LogP) is 3.32. The van der Waals surface area contributed by atoms with Crippen molar-refractivity contribution in [2.45, 2.75) is 76.6 Å². The number of hydrogen-bond donors (Lipinski definition) is 2. The molecule has 1 saturated heterocycles. The maximum atomic E-state index is 13.1. The van der Waals surface area contributed by atoms with Crippen molar-refractivity contribution in [2.24, 2.45) is 11.1 Å². The van der Waals surface area contributed by atoms with Crippen molar-refractivity contribution in [3.05, 3.63) is 29.7 Å². The molecule has 0 bridgehead atoms. The van der Waals surface area contributed by atoms with Gasteiger partial charge in [0.25, 0.3) is 0 Å². The molecule has 13 heteroatoms. The van der Waals surface area contributed by atoms with Gasteiger partial charge in [-0.05, 0) is 37.8 Å². The number of amides is 1. The van der Waals surface area contributed by atoms with Gasteiger partial charge >= 0.3 is 12.1 Å². The van der Waals surface area contributed by atoms with Gasteiger partial charge in [-0.1, -0.05) is 6.42 Å². The van der Waals surface area contributed by atoms with Crippen LogP contribution in [-0.4, -0.2) is 51.2 Å². The van der Waals surface area contributed by atoms with Crippen LogP contribution in [0.25, 0.3) is 5.65 Å². The van der Waals surface area contributed by atoms with E-state index in [1.54, 1.807) is 12.3 Å². The largest absolute Gasteiger partial charge is 0.465 e. The van der Waals surface area contributed by atoms with Crippen molar-refractivity contribution in [3.8, 4) is 0 Å². The zero-order chi connectivity index (χ0) is 25.9. The van der Waals surface area contributed by atoms with Crippen LogP contribution in [0.1, 0.15) is 56.7 Å². The van der Waals surface area contributed by atoms with Gasteiger partial charge in [0.1, 0.15) is 6.04 Å². The molecule has 2 aromatic rings. The number of halogens is 5. The van der Waals surface area contributed by atoms with E-state index < -0.39 is 41.9 Å².